The van der Waals surface area contributed by atoms with Gasteiger partial charge in [-0.05, 0) is 0 Å². The molecule has 1 aliphatic carbocycles. The maximum atomic E-state index is 12.5. The molecule has 0 spiro atoms. The van der Waals surface area contributed by atoms with E-state index in [0.717, 1.165) is 17.5 Å². The minimum absolute atomic E-state index is 0. The Morgan fingerprint density at radius 3 is 2.41 bits per heavy atom. The SMILES string of the molecule is CC1=CC[C]([Hf+2]([NH]C(=O)c2cccc(C)c2)[SiH](C)C)=C1.[Cl-].[Cl-]. The Kier molecular flexibility index (Phi) is 9.79. The number of carbonyl (C=O) groups is 1. The van der Waals surface area contributed by atoms with E-state index in [1.165, 1.54) is 5.57 Å². The van der Waals surface area contributed by atoms with Crippen LogP contribution in [0.5, 0.6) is 0 Å². The molecule has 0 bridgehead atoms. The topological polar surface area (TPSA) is 29.1 Å². The average molecular weight is 522 g/mol. The second-order valence-corrected chi connectivity index (χ2v) is 31.4. The Bertz CT molecular complexity index is 587. The number of amides is 1. The summed E-state index contributed by atoms with van der Waals surface area (Å²) in [5.74, 6) is -0.637. The molecule has 0 saturated carbocycles. The van der Waals surface area contributed by atoms with Gasteiger partial charge >= 0.3 is 131 Å². The van der Waals surface area contributed by atoms with Crippen molar-refractivity contribution in [1.29, 1.82) is 0 Å². The van der Waals surface area contributed by atoms with E-state index in [0.29, 0.717) is 0 Å². The summed E-state index contributed by atoms with van der Waals surface area (Å²) in [6.45, 7) is 8.95. The standard InChI is InChI=1S/C8H9NO.C6H7.C2H7Si.2ClH.Hf/c1-6-3-2-4-7(5-6)8(9)10;1-6-4-2-3-5-6;1-3-2;;;/h2-5H,1H3,(H2,9,10);4-5H,2H2,1H3;3H,1-2H3;2*1H;/q;;;;;+3/p-3. The molecule has 0 aliphatic heterocycles. The molecule has 119 valence electrons. The van der Waals surface area contributed by atoms with Gasteiger partial charge in [-0.15, -0.1) is 0 Å². The smallest absolute Gasteiger partial charge is 1.00 e. The number of rotatable bonds is 4. The van der Waals surface area contributed by atoms with E-state index in [2.05, 4.69) is 35.5 Å². The Morgan fingerprint density at radius 1 is 1.23 bits per heavy atom. The third-order valence-corrected chi connectivity index (χ3v) is 26.8. The first-order valence-corrected chi connectivity index (χ1v) is 19.8. The van der Waals surface area contributed by atoms with Gasteiger partial charge in [0.1, 0.15) is 0 Å². The first kappa shape index (κ1) is 21.8. The van der Waals surface area contributed by atoms with Gasteiger partial charge in [-0.25, -0.2) is 0 Å². The number of aryl methyl sites for hydroxylation is 1. The molecule has 2 nitrogen and oxygen atoms in total. The van der Waals surface area contributed by atoms with Gasteiger partial charge in [-0.1, -0.05) is 0 Å². The van der Waals surface area contributed by atoms with Gasteiger partial charge in [-0.2, -0.15) is 0 Å². The maximum Gasteiger partial charge on any atom is -1.00 e. The number of benzene rings is 1. The summed E-state index contributed by atoms with van der Waals surface area (Å²) in [5.41, 5.74) is 3.32. The van der Waals surface area contributed by atoms with Gasteiger partial charge in [0, 0.05) is 0 Å². The van der Waals surface area contributed by atoms with E-state index in [1.807, 2.05) is 31.2 Å². The van der Waals surface area contributed by atoms with E-state index in [1.54, 1.807) is 3.33 Å². The number of hydrogen-bond acceptors (Lipinski definition) is 1. The van der Waals surface area contributed by atoms with Crippen LogP contribution in [0.2, 0.25) is 13.1 Å². The van der Waals surface area contributed by atoms with Crippen LogP contribution in [-0.2, 0) is 20.9 Å². The number of nitrogens with one attached hydrogen (secondary N) is 1. The van der Waals surface area contributed by atoms with Gasteiger partial charge in [0.2, 0.25) is 0 Å². The Labute approximate surface area is 154 Å². The van der Waals surface area contributed by atoms with Gasteiger partial charge in [-0.3, -0.25) is 0 Å². The average Bonchev–Trinajstić information content (AvgIpc) is 2.81. The molecule has 1 aromatic carbocycles. The zero-order valence-corrected chi connectivity index (χ0v) is 19.7. The summed E-state index contributed by atoms with van der Waals surface area (Å²) in [4.78, 5) is 12.5. The van der Waals surface area contributed by atoms with E-state index in [-0.39, 0.29) is 30.7 Å². The predicted octanol–water partition coefficient (Wildman–Crippen LogP) is -2.52. The summed E-state index contributed by atoms with van der Waals surface area (Å²) < 4.78 is 5.04. The zero-order valence-electron chi connectivity index (χ0n) is 13.4. The Balaban J connectivity index is 0.00000220. The predicted molar refractivity (Wildman–Crippen MR) is 84.0 cm³/mol. The van der Waals surface area contributed by atoms with Crippen LogP contribution in [0, 0.1) is 6.92 Å². The largest absolute Gasteiger partial charge is 1.00 e. The van der Waals surface area contributed by atoms with Crippen molar-refractivity contribution in [3.05, 3.63) is 56.4 Å². The molecule has 22 heavy (non-hydrogen) atoms. The summed E-state index contributed by atoms with van der Waals surface area (Å²) in [6.07, 6.45) is 5.69. The Morgan fingerprint density at radius 2 is 1.91 bits per heavy atom. The third kappa shape index (κ3) is 5.80. The molecule has 0 fully saturated rings. The van der Waals surface area contributed by atoms with Crippen LogP contribution in [0.3, 0.4) is 0 Å². The van der Waals surface area contributed by atoms with Crippen LogP contribution in [0.4, 0.5) is 0 Å². The number of halogens is 2. The third-order valence-electron chi connectivity index (χ3n) is 3.50. The summed E-state index contributed by atoms with van der Waals surface area (Å²) in [7, 11) is 0. The molecular weight excluding hydrogens is 500 g/mol. The molecule has 0 atom stereocenters. The van der Waals surface area contributed by atoms with Crippen LogP contribution in [0.1, 0.15) is 29.3 Å². The van der Waals surface area contributed by atoms with Crippen LogP contribution < -0.4 is 28.1 Å². The minimum atomic E-state index is -2.11. The molecule has 0 radical (unpaired) electrons. The van der Waals surface area contributed by atoms with Crippen molar-refractivity contribution in [2.24, 2.45) is 0 Å². The second kappa shape index (κ2) is 9.86. The summed E-state index contributed by atoms with van der Waals surface area (Å²) >= 11 is -2.11. The van der Waals surface area contributed by atoms with E-state index < -0.39 is 26.9 Å². The molecule has 6 heteroatoms. The normalized spacial score (nSPS) is 12.8. The quantitative estimate of drug-likeness (QED) is 0.436. The van der Waals surface area contributed by atoms with Crippen molar-refractivity contribution in [2.45, 2.75) is 33.4 Å². The van der Waals surface area contributed by atoms with Gasteiger partial charge in [0.05, 0.1) is 0 Å². The van der Waals surface area contributed by atoms with Crippen molar-refractivity contribution in [2.75, 3.05) is 0 Å². The molecule has 1 N–H and O–H groups in total. The maximum absolute atomic E-state index is 12.5. The fraction of sp³-hybridized carbons (Fsp3) is 0.312. The summed E-state index contributed by atoms with van der Waals surface area (Å²) in [6, 6.07) is 7.89. The fourth-order valence-corrected chi connectivity index (χ4v) is 21.8. The van der Waals surface area contributed by atoms with E-state index in [9.17, 15) is 4.79 Å². The monoisotopic (exact) mass is 522 g/mol. The Hall–Kier alpha value is -0.163. The van der Waals surface area contributed by atoms with Gasteiger partial charge in [0.25, 0.3) is 0 Å². The van der Waals surface area contributed by atoms with Crippen LogP contribution in [-0.4, -0.2) is 11.9 Å². The van der Waals surface area contributed by atoms with E-state index >= 15 is 0 Å². The molecule has 0 heterocycles. The molecular formula is C16H22Cl2HfNOSi. The van der Waals surface area contributed by atoms with Crippen molar-refractivity contribution >= 4 is 11.9 Å². The molecule has 0 unspecified atom stereocenters. The van der Waals surface area contributed by atoms with Crippen molar-refractivity contribution in [1.82, 2.24) is 3.30 Å². The first-order chi connectivity index (χ1) is 9.47. The summed E-state index contributed by atoms with van der Waals surface area (Å²) in [5, 5.41) is 0. The minimum Gasteiger partial charge on any atom is -1.00 e. The van der Waals surface area contributed by atoms with Crippen molar-refractivity contribution in [3.8, 4) is 0 Å². The van der Waals surface area contributed by atoms with E-state index in [4.69, 9.17) is 0 Å². The molecule has 0 aromatic heterocycles. The van der Waals surface area contributed by atoms with Crippen LogP contribution >= 0.6 is 0 Å². The second-order valence-electron chi connectivity index (χ2n) is 5.71. The van der Waals surface area contributed by atoms with Gasteiger partial charge < -0.3 is 24.8 Å². The fourth-order valence-electron chi connectivity index (χ4n) is 2.43. The zero-order chi connectivity index (χ0) is 14.7. The van der Waals surface area contributed by atoms with Crippen LogP contribution in [0.25, 0.3) is 0 Å². The molecule has 0 saturated heterocycles. The van der Waals surface area contributed by atoms with Crippen molar-refractivity contribution in [3.63, 3.8) is 0 Å². The molecule has 2 rings (SSSR count). The van der Waals surface area contributed by atoms with Crippen molar-refractivity contribution < 1.29 is 50.5 Å². The van der Waals surface area contributed by atoms with Gasteiger partial charge in [0.15, 0.2) is 0 Å². The first-order valence-electron chi connectivity index (χ1n) is 7.10. The molecule has 1 aliphatic rings. The number of carbonyl (C=O) groups excluding carboxylic acids is 1. The van der Waals surface area contributed by atoms with Crippen LogP contribution in [0.15, 0.2) is 45.3 Å². The molecule has 1 amide bonds. The number of allylic oxidation sites excluding steroid dienone is 4. The molecule has 1 aromatic rings. The number of hydrogen-bond donors (Lipinski definition) is 1.